The van der Waals surface area contributed by atoms with Crippen molar-refractivity contribution in [1.29, 1.82) is 0 Å². The Morgan fingerprint density at radius 2 is 2.00 bits per heavy atom. The van der Waals surface area contributed by atoms with Crippen LogP contribution in [0.4, 0.5) is 4.39 Å². The highest BCUT2D eigenvalue weighted by atomic mass is 79.9. The quantitative estimate of drug-likeness (QED) is 0.758. The molecule has 1 aromatic carbocycles. The van der Waals surface area contributed by atoms with Crippen LogP contribution < -0.4 is 4.74 Å². The third kappa shape index (κ3) is 2.86. The zero-order chi connectivity index (χ0) is 12.4. The maximum absolute atomic E-state index is 12.9. The minimum atomic E-state index is -0.515. The van der Waals surface area contributed by atoms with Gasteiger partial charge in [0, 0.05) is 6.07 Å². The maximum Gasteiger partial charge on any atom is 0.238 e. The normalized spacial score (nSPS) is 10.4. The molecule has 0 aliphatic heterocycles. The van der Waals surface area contributed by atoms with Crippen molar-refractivity contribution in [3.05, 3.63) is 45.0 Å². The highest BCUT2D eigenvalue weighted by Crippen LogP contribution is 2.32. The van der Waals surface area contributed by atoms with Gasteiger partial charge < -0.3 is 4.74 Å². The first-order chi connectivity index (χ1) is 8.08. The first kappa shape index (κ1) is 12.5. The monoisotopic (exact) mass is 336 g/mol. The van der Waals surface area contributed by atoms with Crippen LogP contribution in [0.1, 0.15) is 0 Å². The van der Waals surface area contributed by atoms with Gasteiger partial charge in [-0.15, -0.1) is 0 Å². The summed E-state index contributed by atoms with van der Waals surface area (Å²) < 4.78 is 18.7. The van der Waals surface area contributed by atoms with Crippen LogP contribution in [-0.4, -0.2) is 9.97 Å². The molecule has 0 saturated carbocycles. The molecule has 0 radical (unpaired) electrons. The second kappa shape index (κ2) is 5.16. The number of ether oxygens (including phenoxy) is 1. The molecule has 0 aliphatic carbocycles. The fourth-order valence-corrected chi connectivity index (χ4v) is 1.64. The molecule has 3 nitrogen and oxygen atoms in total. The highest BCUT2D eigenvalue weighted by molar-refractivity contribution is 9.10. The lowest BCUT2D eigenvalue weighted by molar-refractivity contribution is 0.456. The fraction of sp³-hybridized carbons (Fsp3) is 0. The van der Waals surface area contributed by atoms with Crippen molar-refractivity contribution in [2.75, 3.05) is 0 Å². The van der Waals surface area contributed by atoms with Crippen LogP contribution in [0.5, 0.6) is 11.6 Å². The SMILES string of the molecule is Fc1ccc(Oc2ncnc(Cl)c2Br)cc1Cl. The van der Waals surface area contributed by atoms with Gasteiger partial charge in [0.05, 0.1) is 5.02 Å². The summed E-state index contributed by atoms with van der Waals surface area (Å²) in [5, 5.41) is 0.196. The van der Waals surface area contributed by atoms with Crippen molar-refractivity contribution in [2.24, 2.45) is 0 Å². The Morgan fingerprint density at radius 3 is 2.71 bits per heavy atom. The number of hydrogen-bond acceptors (Lipinski definition) is 3. The molecule has 0 N–H and O–H groups in total. The molecule has 0 saturated heterocycles. The van der Waals surface area contributed by atoms with Crippen LogP contribution in [-0.2, 0) is 0 Å². The Morgan fingerprint density at radius 1 is 1.24 bits per heavy atom. The molecule has 0 amide bonds. The molecule has 2 aromatic rings. The molecule has 2 rings (SSSR count). The maximum atomic E-state index is 12.9. The molecule has 0 bridgehead atoms. The minimum absolute atomic E-state index is 0.0289. The van der Waals surface area contributed by atoms with Crippen molar-refractivity contribution < 1.29 is 9.13 Å². The lowest BCUT2D eigenvalue weighted by atomic mass is 10.3. The molecule has 1 heterocycles. The standard InChI is InChI=1S/C10H4BrCl2FN2O/c11-8-9(13)15-4-16-10(8)17-5-1-2-7(14)6(12)3-5/h1-4H. The van der Waals surface area contributed by atoms with E-state index in [2.05, 4.69) is 25.9 Å². The molecular weight excluding hydrogens is 334 g/mol. The molecule has 17 heavy (non-hydrogen) atoms. The van der Waals surface area contributed by atoms with Gasteiger partial charge >= 0.3 is 0 Å². The second-order valence-electron chi connectivity index (χ2n) is 2.96. The van der Waals surface area contributed by atoms with E-state index in [0.717, 1.165) is 0 Å². The van der Waals surface area contributed by atoms with Gasteiger partial charge in [-0.05, 0) is 28.1 Å². The van der Waals surface area contributed by atoms with Crippen molar-refractivity contribution in [3.8, 4) is 11.6 Å². The zero-order valence-electron chi connectivity index (χ0n) is 8.12. The van der Waals surface area contributed by atoms with E-state index < -0.39 is 5.82 Å². The van der Waals surface area contributed by atoms with E-state index in [1.807, 2.05) is 0 Å². The average molecular weight is 338 g/mol. The van der Waals surface area contributed by atoms with Crippen molar-refractivity contribution in [2.45, 2.75) is 0 Å². The molecule has 1 aromatic heterocycles. The summed E-state index contributed by atoms with van der Waals surface area (Å²) in [6.07, 6.45) is 1.26. The smallest absolute Gasteiger partial charge is 0.238 e. The number of rotatable bonds is 2. The number of halogens is 4. The van der Waals surface area contributed by atoms with Crippen LogP contribution in [0, 0.1) is 5.82 Å². The van der Waals surface area contributed by atoms with Gasteiger partial charge in [0.25, 0.3) is 0 Å². The van der Waals surface area contributed by atoms with Crippen LogP contribution >= 0.6 is 39.1 Å². The molecule has 0 atom stereocenters. The van der Waals surface area contributed by atoms with Gasteiger partial charge in [-0.2, -0.15) is 0 Å². The number of aromatic nitrogens is 2. The lowest BCUT2D eigenvalue weighted by Gasteiger charge is -2.07. The molecule has 0 spiro atoms. The Hall–Kier alpha value is -0.910. The van der Waals surface area contributed by atoms with Crippen LogP contribution in [0.25, 0.3) is 0 Å². The molecule has 0 fully saturated rings. The van der Waals surface area contributed by atoms with Gasteiger partial charge in [-0.3, -0.25) is 0 Å². The third-order valence-corrected chi connectivity index (χ3v) is 3.34. The summed E-state index contributed by atoms with van der Waals surface area (Å²) >= 11 is 14.6. The van der Waals surface area contributed by atoms with Gasteiger partial charge in [0.1, 0.15) is 22.4 Å². The molecule has 0 aliphatic rings. The van der Waals surface area contributed by atoms with E-state index in [1.165, 1.54) is 24.5 Å². The fourth-order valence-electron chi connectivity index (χ4n) is 1.06. The van der Waals surface area contributed by atoms with E-state index in [0.29, 0.717) is 10.2 Å². The first-order valence-electron chi connectivity index (χ1n) is 4.37. The Bertz CT molecular complexity index is 568. The van der Waals surface area contributed by atoms with E-state index >= 15 is 0 Å². The lowest BCUT2D eigenvalue weighted by Crippen LogP contribution is -1.91. The number of nitrogens with zero attached hydrogens (tertiary/aromatic N) is 2. The summed E-state index contributed by atoms with van der Waals surface area (Å²) in [6, 6.07) is 3.98. The Kier molecular flexibility index (Phi) is 3.81. The van der Waals surface area contributed by atoms with Crippen molar-refractivity contribution >= 4 is 39.1 Å². The van der Waals surface area contributed by atoms with Gasteiger partial charge in [0.15, 0.2) is 5.15 Å². The van der Waals surface area contributed by atoms with E-state index in [9.17, 15) is 4.39 Å². The second-order valence-corrected chi connectivity index (χ2v) is 4.52. The van der Waals surface area contributed by atoms with E-state index in [-0.39, 0.29) is 16.1 Å². The third-order valence-electron chi connectivity index (χ3n) is 1.82. The molecule has 0 unspecified atom stereocenters. The highest BCUT2D eigenvalue weighted by Gasteiger charge is 2.10. The van der Waals surface area contributed by atoms with Gasteiger partial charge in [-0.1, -0.05) is 23.2 Å². The topological polar surface area (TPSA) is 35.0 Å². The van der Waals surface area contributed by atoms with Crippen LogP contribution in [0.3, 0.4) is 0 Å². The first-order valence-corrected chi connectivity index (χ1v) is 5.91. The predicted octanol–water partition coefficient (Wildman–Crippen LogP) is 4.48. The Labute approximate surface area is 115 Å². The summed E-state index contributed by atoms with van der Waals surface area (Å²) in [4.78, 5) is 7.64. The number of hydrogen-bond donors (Lipinski definition) is 0. The summed E-state index contributed by atoms with van der Waals surface area (Å²) in [5.41, 5.74) is 0. The van der Waals surface area contributed by atoms with Crippen LogP contribution in [0.2, 0.25) is 10.2 Å². The zero-order valence-corrected chi connectivity index (χ0v) is 11.2. The van der Waals surface area contributed by atoms with Crippen molar-refractivity contribution in [1.82, 2.24) is 9.97 Å². The summed E-state index contributed by atoms with van der Waals surface area (Å²) in [5.74, 6) is 0.0679. The van der Waals surface area contributed by atoms with Crippen molar-refractivity contribution in [3.63, 3.8) is 0 Å². The minimum Gasteiger partial charge on any atom is -0.438 e. The average Bonchev–Trinajstić information content (AvgIpc) is 2.30. The molecule has 88 valence electrons. The van der Waals surface area contributed by atoms with E-state index in [1.54, 1.807) is 0 Å². The van der Waals surface area contributed by atoms with Gasteiger partial charge in [-0.25, -0.2) is 14.4 Å². The Balaban J connectivity index is 2.31. The van der Waals surface area contributed by atoms with E-state index in [4.69, 9.17) is 27.9 Å². The molecule has 7 heteroatoms. The number of benzene rings is 1. The van der Waals surface area contributed by atoms with Gasteiger partial charge in [0.2, 0.25) is 5.88 Å². The summed E-state index contributed by atoms with van der Waals surface area (Å²) in [6.45, 7) is 0. The summed E-state index contributed by atoms with van der Waals surface area (Å²) in [7, 11) is 0. The predicted molar refractivity (Wildman–Crippen MR) is 66.2 cm³/mol. The molecular formula is C10H4BrCl2FN2O. The largest absolute Gasteiger partial charge is 0.438 e. The van der Waals surface area contributed by atoms with Crippen LogP contribution in [0.15, 0.2) is 29.0 Å².